The quantitative estimate of drug-likeness (QED) is 0.699. The standard InChI is InChI=1S/C17H23N3O4S/c1-12-10-16(13(2)9-15(12)24-4)25(21,22)20-17-6-5-14(11-19-17)18-7-8-23-3/h5-6,9-11,18H,7-8H2,1-4H3,(H,19,20). The van der Waals surface area contributed by atoms with Crippen LogP contribution in [0.5, 0.6) is 5.75 Å². The molecule has 0 unspecified atom stereocenters. The first-order chi connectivity index (χ1) is 11.9. The molecule has 0 atom stereocenters. The van der Waals surface area contributed by atoms with Gasteiger partial charge in [0.2, 0.25) is 0 Å². The fourth-order valence-corrected chi connectivity index (χ4v) is 3.64. The van der Waals surface area contributed by atoms with Crippen LogP contribution in [0, 0.1) is 13.8 Å². The highest BCUT2D eigenvalue weighted by molar-refractivity contribution is 7.92. The van der Waals surface area contributed by atoms with Crippen LogP contribution in [-0.2, 0) is 14.8 Å². The van der Waals surface area contributed by atoms with E-state index in [1.54, 1.807) is 58.5 Å². The first kappa shape index (κ1) is 19.0. The number of methoxy groups -OCH3 is 2. The molecule has 25 heavy (non-hydrogen) atoms. The fourth-order valence-electron chi connectivity index (χ4n) is 2.32. The maximum atomic E-state index is 12.6. The van der Waals surface area contributed by atoms with E-state index in [4.69, 9.17) is 9.47 Å². The first-order valence-corrected chi connectivity index (χ1v) is 9.22. The molecule has 0 radical (unpaired) electrons. The van der Waals surface area contributed by atoms with Crippen molar-refractivity contribution in [2.45, 2.75) is 18.7 Å². The second-order valence-corrected chi connectivity index (χ2v) is 7.20. The number of hydrogen-bond acceptors (Lipinski definition) is 6. The van der Waals surface area contributed by atoms with Crippen molar-refractivity contribution < 1.29 is 17.9 Å². The van der Waals surface area contributed by atoms with Gasteiger partial charge < -0.3 is 14.8 Å². The van der Waals surface area contributed by atoms with Crippen molar-refractivity contribution in [3.8, 4) is 5.75 Å². The topological polar surface area (TPSA) is 89.6 Å². The van der Waals surface area contributed by atoms with Gasteiger partial charge in [0, 0.05) is 13.7 Å². The predicted octanol–water partition coefficient (Wildman–Crippen LogP) is 2.57. The summed E-state index contributed by atoms with van der Waals surface area (Å²) in [6, 6.07) is 6.67. The Morgan fingerprint density at radius 2 is 1.88 bits per heavy atom. The summed E-state index contributed by atoms with van der Waals surface area (Å²) < 4.78 is 38.0. The summed E-state index contributed by atoms with van der Waals surface area (Å²) in [5.74, 6) is 0.909. The Morgan fingerprint density at radius 3 is 2.48 bits per heavy atom. The zero-order valence-corrected chi connectivity index (χ0v) is 15.6. The van der Waals surface area contributed by atoms with Crippen LogP contribution in [0.4, 0.5) is 11.5 Å². The second-order valence-electron chi connectivity index (χ2n) is 5.54. The van der Waals surface area contributed by atoms with E-state index in [0.29, 0.717) is 24.5 Å². The van der Waals surface area contributed by atoms with Crippen molar-refractivity contribution in [3.63, 3.8) is 0 Å². The van der Waals surface area contributed by atoms with Gasteiger partial charge in [0.05, 0.1) is 30.5 Å². The molecule has 0 aliphatic carbocycles. The summed E-state index contributed by atoms with van der Waals surface area (Å²) in [6.45, 7) is 4.75. The molecule has 0 amide bonds. The maximum Gasteiger partial charge on any atom is 0.263 e. The van der Waals surface area contributed by atoms with Crippen LogP contribution in [0.15, 0.2) is 35.4 Å². The largest absolute Gasteiger partial charge is 0.496 e. The molecule has 2 rings (SSSR count). The Hall–Kier alpha value is -2.32. The second kappa shape index (κ2) is 8.17. The van der Waals surface area contributed by atoms with E-state index in [0.717, 1.165) is 11.3 Å². The van der Waals surface area contributed by atoms with Gasteiger partial charge in [-0.2, -0.15) is 0 Å². The van der Waals surface area contributed by atoms with Gasteiger partial charge in [-0.15, -0.1) is 0 Å². The fraction of sp³-hybridized carbons (Fsp3) is 0.353. The van der Waals surface area contributed by atoms with E-state index in [2.05, 4.69) is 15.0 Å². The molecule has 1 aromatic carbocycles. The Morgan fingerprint density at radius 1 is 1.12 bits per heavy atom. The van der Waals surface area contributed by atoms with Crippen LogP contribution in [-0.4, -0.2) is 40.8 Å². The van der Waals surface area contributed by atoms with Crippen molar-refractivity contribution in [1.29, 1.82) is 0 Å². The van der Waals surface area contributed by atoms with Crippen LogP contribution in [0.25, 0.3) is 0 Å². The van der Waals surface area contributed by atoms with Crippen molar-refractivity contribution in [2.75, 3.05) is 37.4 Å². The number of hydrogen-bond donors (Lipinski definition) is 2. The number of nitrogens with zero attached hydrogens (tertiary/aromatic N) is 1. The van der Waals surface area contributed by atoms with E-state index in [1.807, 2.05) is 0 Å². The van der Waals surface area contributed by atoms with Gasteiger partial charge in [-0.3, -0.25) is 4.72 Å². The molecule has 0 spiro atoms. The summed E-state index contributed by atoms with van der Waals surface area (Å²) >= 11 is 0. The molecule has 1 heterocycles. The predicted molar refractivity (Wildman–Crippen MR) is 97.9 cm³/mol. The van der Waals surface area contributed by atoms with Gasteiger partial charge in [-0.1, -0.05) is 0 Å². The van der Waals surface area contributed by atoms with Gasteiger partial charge in [0.25, 0.3) is 10.0 Å². The van der Waals surface area contributed by atoms with Gasteiger partial charge in [0.15, 0.2) is 0 Å². The third kappa shape index (κ3) is 4.83. The summed E-state index contributed by atoms with van der Waals surface area (Å²) in [5.41, 5.74) is 2.14. The zero-order valence-electron chi connectivity index (χ0n) is 14.8. The van der Waals surface area contributed by atoms with Gasteiger partial charge in [0.1, 0.15) is 11.6 Å². The number of pyridine rings is 1. The minimum Gasteiger partial charge on any atom is -0.496 e. The molecule has 0 aliphatic rings. The van der Waals surface area contributed by atoms with Crippen molar-refractivity contribution in [1.82, 2.24) is 4.98 Å². The lowest BCUT2D eigenvalue weighted by Crippen LogP contribution is -2.16. The highest BCUT2D eigenvalue weighted by Gasteiger charge is 2.19. The van der Waals surface area contributed by atoms with Crippen LogP contribution >= 0.6 is 0 Å². The Balaban J connectivity index is 2.17. The molecule has 0 bridgehead atoms. The lowest BCUT2D eigenvalue weighted by molar-refractivity contribution is 0.211. The Labute approximate surface area is 148 Å². The van der Waals surface area contributed by atoms with Crippen molar-refractivity contribution in [3.05, 3.63) is 41.6 Å². The SMILES string of the molecule is COCCNc1ccc(NS(=O)(=O)c2cc(C)c(OC)cc2C)nc1. The third-order valence-corrected chi connectivity index (χ3v) is 5.12. The molecule has 8 heteroatoms. The lowest BCUT2D eigenvalue weighted by atomic mass is 10.1. The molecule has 7 nitrogen and oxygen atoms in total. The number of aromatic nitrogens is 1. The minimum absolute atomic E-state index is 0.204. The number of anilines is 2. The molecule has 1 aromatic heterocycles. The normalized spacial score (nSPS) is 11.2. The maximum absolute atomic E-state index is 12.6. The van der Waals surface area contributed by atoms with Crippen molar-refractivity contribution in [2.24, 2.45) is 0 Å². The van der Waals surface area contributed by atoms with Gasteiger partial charge >= 0.3 is 0 Å². The number of rotatable bonds is 8. The Bertz CT molecular complexity index is 821. The van der Waals surface area contributed by atoms with E-state index >= 15 is 0 Å². The number of ether oxygens (including phenoxy) is 2. The lowest BCUT2D eigenvalue weighted by Gasteiger charge is -2.13. The number of nitrogens with one attached hydrogen (secondary N) is 2. The molecular formula is C17H23N3O4S. The van der Waals surface area contributed by atoms with Gasteiger partial charge in [-0.25, -0.2) is 13.4 Å². The van der Waals surface area contributed by atoms with Crippen LogP contribution in [0.2, 0.25) is 0 Å². The highest BCUT2D eigenvalue weighted by Crippen LogP contribution is 2.26. The third-order valence-electron chi connectivity index (χ3n) is 3.62. The molecule has 0 fully saturated rings. The molecule has 0 aliphatic heterocycles. The van der Waals surface area contributed by atoms with Crippen LogP contribution < -0.4 is 14.8 Å². The molecule has 136 valence electrons. The van der Waals surface area contributed by atoms with Gasteiger partial charge in [-0.05, 0) is 49.2 Å². The zero-order chi connectivity index (χ0) is 18.4. The average molecular weight is 365 g/mol. The first-order valence-electron chi connectivity index (χ1n) is 7.74. The smallest absolute Gasteiger partial charge is 0.263 e. The molecule has 0 saturated carbocycles. The minimum atomic E-state index is -3.73. The molecule has 0 saturated heterocycles. The molecule has 2 aromatic rings. The highest BCUT2D eigenvalue weighted by atomic mass is 32.2. The van der Waals surface area contributed by atoms with E-state index in [-0.39, 0.29) is 10.7 Å². The van der Waals surface area contributed by atoms with Crippen molar-refractivity contribution >= 4 is 21.5 Å². The molecule has 2 N–H and O–H groups in total. The summed E-state index contributed by atoms with van der Waals surface area (Å²) in [5, 5.41) is 3.12. The molecular weight excluding hydrogens is 342 g/mol. The summed E-state index contributed by atoms with van der Waals surface area (Å²) in [4.78, 5) is 4.34. The average Bonchev–Trinajstić information content (AvgIpc) is 2.58. The monoisotopic (exact) mass is 365 g/mol. The summed E-state index contributed by atoms with van der Waals surface area (Å²) in [6.07, 6.45) is 1.57. The number of sulfonamides is 1. The number of aryl methyl sites for hydroxylation is 2. The Kier molecular flexibility index (Phi) is 6.22. The van der Waals surface area contributed by atoms with Crippen LogP contribution in [0.1, 0.15) is 11.1 Å². The van der Waals surface area contributed by atoms with E-state index < -0.39 is 10.0 Å². The number of benzene rings is 1. The van der Waals surface area contributed by atoms with E-state index in [9.17, 15) is 8.42 Å². The van der Waals surface area contributed by atoms with Crippen LogP contribution in [0.3, 0.4) is 0 Å². The summed E-state index contributed by atoms with van der Waals surface area (Å²) in [7, 11) is -0.552. The van der Waals surface area contributed by atoms with E-state index in [1.165, 1.54) is 0 Å².